The Balaban J connectivity index is 1.34. The smallest absolute Gasteiger partial charge is 0.222 e. The molecule has 0 radical (unpaired) electrons. The quantitative estimate of drug-likeness (QED) is 0.651. The molecule has 1 amide bonds. The average Bonchev–Trinajstić information content (AvgIpc) is 2.80. The molecule has 2 heterocycles. The third kappa shape index (κ3) is 6.01. The fraction of sp³-hybridized carbons (Fsp3) is 0.500. The number of para-hydroxylation sites is 2. The van der Waals surface area contributed by atoms with Gasteiger partial charge in [0.15, 0.2) is 0 Å². The molecule has 0 aromatic heterocycles. The number of ether oxygens (including phenoxy) is 1. The lowest BCUT2D eigenvalue weighted by atomic mass is 10.1. The predicted octanol–water partition coefficient (Wildman–Crippen LogP) is 4.14. The number of hydrogen-bond acceptors (Lipinski definition) is 4. The van der Waals surface area contributed by atoms with Gasteiger partial charge in [0.1, 0.15) is 12.4 Å². The molecule has 31 heavy (non-hydrogen) atoms. The number of piperidine rings is 1. The van der Waals surface area contributed by atoms with Crippen molar-refractivity contribution in [1.82, 2.24) is 10.2 Å². The van der Waals surface area contributed by atoms with E-state index in [1.54, 1.807) is 0 Å². The molecule has 0 bridgehead atoms. The van der Waals surface area contributed by atoms with E-state index in [9.17, 15) is 4.79 Å². The van der Waals surface area contributed by atoms with Crippen molar-refractivity contribution in [2.24, 2.45) is 0 Å². The molecule has 2 aliphatic rings. The van der Waals surface area contributed by atoms with Crippen molar-refractivity contribution >= 4 is 11.6 Å². The minimum Gasteiger partial charge on any atom is -0.489 e. The zero-order valence-electron chi connectivity index (χ0n) is 18.7. The van der Waals surface area contributed by atoms with Gasteiger partial charge in [-0.25, -0.2) is 0 Å². The van der Waals surface area contributed by atoms with Gasteiger partial charge >= 0.3 is 0 Å². The zero-order valence-corrected chi connectivity index (χ0v) is 18.7. The van der Waals surface area contributed by atoms with Crippen LogP contribution in [0.2, 0.25) is 0 Å². The SMILES string of the molecule is Cc1ccc(CN2c3ccccc3OC[C@H]2CC(=O)NCCCN2CCCCC2)cc1. The molecule has 0 aliphatic carbocycles. The summed E-state index contributed by atoms with van der Waals surface area (Å²) in [6.07, 6.45) is 5.45. The van der Waals surface area contributed by atoms with Crippen molar-refractivity contribution in [2.45, 2.75) is 51.6 Å². The molecule has 0 spiro atoms. The number of carbonyl (C=O) groups is 1. The van der Waals surface area contributed by atoms with Crippen molar-refractivity contribution in [3.63, 3.8) is 0 Å². The van der Waals surface area contributed by atoms with Gasteiger partial charge in [-0.3, -0.25) is 4.79 Å². The Morgan fingerprint density at radius 3 is 2.65 bits per heavy atom. The Hall–Kier alpha value is -2.53. The van der Waals surface area contributed by atoms with Crippen molar-refractivity contribution < 1.29 is 9.53 Å². The maximum Gasteiger partial charge on any atom is 0.222 e. The van der Waals surface area contributed by atoms with Crippen molar-refractivity contribution in [3.05, 3.63) is 59.7 Å². The second-order valence-corrected chi connectivity index (χ2v) is 8.86. The summed E-state index contributed by atoms with van der Waals surface area (Å²) in [5.41, 5.74) is 3.57. The third-order valence-corrected chi connectivity index (χ3v) is 6.36. The number of nitrogens with zero attached hydrogens (tertiary/aromatic N) is 2. The minimum atomic E-state index is 0.0262. The first-order chi connectivity index (χ1) is 15.2. The Kier molecular flexibility index (Phi) is 7.47. The molecule has 5 nitrogen and oxygen atoms in total. The second kappa shape index (κ2) is 10.7. The van der Waals surface area contributed by atoms with Crippen LogP contribution in [-0.4, -0.2) is 49.6 Å². The van der Waals surface area contributed by atoms with Crippen molar-refractivity contribution in [2.75, 3.05) is 37.7 Å². The predicted molar refractivity (Wildman–Crippen MR) is 126 cm³/mol. The summed E-state index contributed by atoms with van der Waals surface area (Å²) in [6, 6.07) is 16.8. The number of anilines is 1. The molecule has 1 saturated heterocycles. The van der Waals surface area contributed by atoms with E-state index in [0.717, 1.165) is 37.5 Å². The molecular weight excluding hydrogens is 386 g/mol. The van der Waals surface area contributed by atoms with Crippen LogP contribution < -0.4 is 15.0 Å². The molecule has 0 unspecified atom stereocenters. The summed E-state index contributed by atoms with van der Waals surface area (Å²) in [4.78, 5) is 17.6. The van der Waals surface area contributed by atoms with E-state index in [1.165, 1.54) is 43.5 Å². The molecule has 1 N–H and O–H groups in total. The van der Waals surface area contributed by atoms with Gasteiger partial charge in [-0.2, -0.15) is 0 Å². The lowest BCUT2D eigenvalue weighted by Gasteiger charge is -2.38. The van der Waals surface area contributed by atoms with Crippen LogP contribution >= 0.6 is 0 Å². The highest BCUT2D eigenvalue weighted by Gasteiger charge is 2.29. The summed E-state index contributed by atoms with van der Waals surface area (Å²) in [5.74, 6) is 1.01. The van der Waals surface area contributed by atoms with Gasteiger partial charge < -0.3 is 19.9 Å². The van der Waals surface area contributed by atoms with Gasteiger partial charge in [0.2, 0.25) is 5.91 Å². The van der Waals surface area contributed by atoms with Crippen LogP contribution in [0.15, 0.2) is 48.5 Å². The number of likely N-dealkylation sites (tertiary alicyclic amines) is 1. The van der Waals surface area contributed by atoms with Crippen LogP contribution in [0, 0.1) is 6.92 Å². The number of aryl methyl sites for hydroxylation is 1. The number of carbonyl (C=O) groups excluding carboxylic acids is 1. The fourth-order valence-corrected chi connectivity index (χ4v) is 4.56. The third-order valence-electron chi connectivity index (χ3n) is 6.36. The summed E-state index contributed by atoms with van der Waals surface area (Å²) in [6.45, 7) is 7.66. The first kappa shape index (κ1) is 21.7. The molecule has 1 atom stereocenters. The number of hydrogen-bond donors (Lipinski definition) is 1. The highest BCUT2D eigenvalue weighted by molar-refractivity contribution is 5.77. The molecule has 4 rings (SSSR count). The highest BCUT2D eigenvalue weighted by atomic mass is 16.5. The topological polar surface area (TPSA) is 44.8 Å². The number of benzene rings is 2. The van der Waals surface area contributed by atoms with Crippen LogP contribution in [0.5, 0.6) is 5.75 Å². The van der Waals surface area contributed by atoms with Crippen molar-refractivity contribution in [3.8, 4) is 5.75 Å². The summed E-state index contributed by atoms with van der Waals surface area (Å²) in [7, 11) is 0. The molecule has 166 valence electrons. The van der Waals surface area contributed by atoms with Crippen molar-refractivity contribution in [1.29, 1.82) is 0 Å². The first-order valence-electron chi connectivity index (χ1n) is 11.7. The molecule has 2 aromatic rings. The van der Waals surface area contributed by atoms with Gasteiger partial charge in [-0.1, -0.05) is 48.4 Å². The van der Waals surface area contributed by atoms with E-state index in [-0.39, 0.29) is 11.9 Å². The van der Waals surface area contributed by atoms with Crippen LogP contribution in [0.3, 0.4) is 0 Å². The Labute approximate surface area is 186 Å². The Bertz CT molecular complexity index is 846. The van der Waals surface area contributed by atoms with Crippen LogP contribution in [0.25, 0.3) is 0 Å². The van der Waals surface area contributed by atoms with Gasteiger partial charge in [0.05, 0.1) is 18.2 Å². The maximum atomic E-state index is 12.7. The molecule has 2 aromatic carbocycles. The molecule has 0 saturated carbocycles. The van der Waals surface area contributed by atoms with Crippen LogP contribution in [0.4, 0.5) is 5.69 Å². The molecule has 1 fully saturated rings. The molecule has 2 aliphatic heterocycles. The highest BCUT2D eigenvalue weighted by Crippen LogP contribution is 2.35. The minimum absolute atomic E-state index is 0.0262. The van der Waals surface area contributed by atoms with Crippen LogP contribution in [-0.2, 0) is 11.3 Å². The van der Waals surface area contributed by atoms with E-state index in [0.29, 0.717) is 13.0 Å². The normalized spacial score (nSPS) is 18.9. The monoisotopic (exact) mass is 421 g/mol. The number of rotatable bonds is 8. The number of amides is 1. The molecule has 5 heteroatoms. The first-order valence-corrected chi connectivity index (χ1v) is 11.7. The Morgan fingerprint density at radius 1 is 1.06 bits per heavy atom. The van der Waals surface area contributed by atoms with Gasteiger partial charge in [0.25, 0.3) is 0 Å². The summed E-state index contributed by atoms with van der Waals surface area (Å²) >= 11 is 0. The maximum absolute atomic E-state index is 12.7. The van der Waals surface area contributed by atoms with Gasteiger partial charge in [-0.05, 0) is 63.5 Å². The van der Waals surface area contributed by atoms with Gasteiger partial charge in [0, 0.05) is 13.1 Å². The van der Waals surface area contributed by atoms with E-state index in [4.69, 9.17) is 4.74 Å². The van der Waals surface area contributed by atoms with E-state index in [2.05, 4.69) is 52.4 Å². The summed E-state index contributed by atoms with van der Waals surface area (Å²) in [5, 5.41) is 3.14. The van der Waals surface area contributed by atoms with E-state index >= 15 is 0 Å². The molecular formula is C26H35N3O2. The fourth-order valence-electron chi connectivity index (χ4n) is 4.56. The standard InChI is InChI=1S/C26H35N3O2/c1-21-10-12-22(13-11-21)19-29-23(20-31-25-9-4-3-8-24(25)29)18-26(30)27-14-7-17-28-15-5-2-6-16-28/h3-4,8-13,23H,2,5-7,14-20H2,1H3,(H,27,30)/t23-/m1/s1. The lowest BCUT2D eigenvalue weighted by Crippen LogP contribution is -2.45. The second-order valence-electron chi connectivity index (χ2n) is 8.86. The van der Waals surface area contributed by atoms with E-state index < -0.39 is 0 Å². The number of fused-ring (bicyclic) bond motifs is 1. The summed E-state index contributed by atoms with van der Waals surface area (Å²) < 4.78 is 6.00. The zero-order chi connectivity index (χ0) is 21.5. The van der Waals surface area contributed by atoms with Crippen LogP contribution in [0.1, 0.15) is 43.2 Å². The largest absolute Gasteiger partial charge is 0.489 e. The average molecular weight is 422 g/mol. The van der Waals surface area contributed by atoms with Gasteiger partial charge in [-0.15, -0.1) is 0 Å². The number of nitrogens with one attached hydrogen (secondary N) is 1. The van der Waals surface area contributed by atoms with E-state index in [1.807, 2.05) is 18.2 Å². The lowest BCUT2D eigenvalue weighted by molar-refractivity contribution is -0.121. The Morgan fingerprint density at radius 2 is 1.84 bits per heavy atom.